The summed E-state index contributed by atoms with van der Waals surface area (Å²) >= 11 is 0. The fraction of sp³-hybridized carbons (Fsp3) is 1.00. The predicted octanol–water partition coefficient (Wildman–Crippen LogP) is 3.34. The molecule has 0 aromatic rings. The Morgan fingerprint density at radius 2 is 1.05 bits per heavy atom. The Morgan fingerprint density at radius 1 is 0.714 bits per heavy atom. The van der Waals surface area contributed by atoms with Gasteiger partial charge in [0.25, 0.3) is 0 Å². The van der Waals surface area contributed by atoms with E-state index in [0.717, 1.165) is 0 Å². The zero-order chi connectivity index (χ0) is 16.9. The van der Waals surface area contributed by atoms with Crippen LogP contribution in [-0.4, -0.2) is 47.1 Å². The Morgan fingerprint density at radius 3 is 1.29 bits per heavy atom. The molecule has 0 unspecified atom stereocenters. The van der Waals surface area contributed by atoms with Gasteiger partial charge in [-0.25, -0.2) is 0 Å². The standard InChI is InChI=1S/C9H15F7O4Si/c1-4-17-21(18-5-2,19-6-3)20-9(15,16)7(10,11)8(12,13)14/h4-6H2,1-3H3. The molecular formula is C9H15F7O4Si. The van der Waals surface area contributed by atoms with Gasteiger partial charge in [0, 0.05) is 19.8 Å². The van der Waals surface area contributed by atoms with Crippen molar-refractivity contribution in [1.82, 2.24) is 0 Å². The minimum absolute atomic E-state index is 0.347. The van der Waals surface area contributed by atoms with Gasteiger partial charge in [-0.3, -0.25) is 4.43 Å². The Balaban J connectivity index is 5.48. The maximum Gasteiger partial charge on any atom is 0.684 e. The highest BCUT2D eigenvalue weighted by Crippen LogP contribution is 2.48. The van der Waals surface area contributed by atoms with Gasteiger partial charge in [-0.05, 0) is 20.8 Å². The zero-order valence-electron chi connectivity index (χ0n) is 11.4. The van der Waals surface area contributed by atoms with Crippen molar-refractivity contribution in [3.05, 3.63) is 0 Å². The van der Waals surface area contributed by atoms with Crippen LogP contribution in [0, 0.1) is 0 Å². The third-order valence-corrected chi connectivity index (χ3v) is 4.37. The molecule has 0 aliphatic heterocycles. The van der Waals surface area contributed by atoms with Crippen LogP contribution in [0.1, 0.15) is 20.8 Å². The molecule has 0 saturated carbocycles. The molecule has 12 heteroatoms. The van der Waals surface area contributed by atoms with Gasteiger partial charge in [-0.1, -0.05) is 0 Å². The number of rotatable bonds is 9. The van der Waals surface area contributed by atoms with Crippen molar-refractivity contribution in [3.8, 4) is 0 Å². The molecule has 0 saturated heterocycles. The monoisotopic (exact) mass is 348 g/mol. The lowest BCUT2D eigenvalue weighted by molar-refractivity contribution is -0.414. The van der Waals surface area contributed by atoms with Gasteiger partial charge in [-0.15, -0.1) is 0 Å². The fourth-order valence-corrected chi connectivity index (χ4v) is 3.06. The van der Waals surface area contributed by atoms with Gasteiger partial charge >= 0.3 is 27.3 Å². The van der Waals surface area contributed by atoms with E-state index < -0.39 is 27.3 Å². The van der Waals surface area contributed by atoms with Crippen molar-refractivity contribution in [2.45, 2.75) is 39.0 Å². The Kier molecular flexibility index (Phi) is 7.07. The van der Waals surface area contributed by atoms with Gasteiger partial charge in [0.2, 0.25) is 0 Å². The van der Waals surface area contributed by atoms with E-state index in [9.17, 15) is 30.7 Å². The summed E-state index contributed by atoms with van der Waals surface area (Å²) in [6, 6.07) is 0. The van der Waals surface area contributed by atoms with Crippen molar-refractivity contribution in [3.63, 3.8) is 0 Å². The molecule has 0 aliphatic rings. The summed E-state index contributed by atoms with van der Waals surface area (Å²) in [7, 11) is -4.85. The summed E-state index contributed by atoms with van der Waals surface area (Å²) in [6.45, 7) is 2.80. The molecule has 0 heterocycles. The van der Waals surface area contributed by atoms with E-state index in [0.29, 0.717) is 0 Å². The van der Waals surface area contributed by atoms with Crippen molar-refractivity contribution in [2.75, 3.05) is 19.8 Å². The first-order chi connectivity index (χ1) is 9.39. The quantitative estimate of drug-likeness (QED) is 0.473. The third kappa shape index (κ3) is 4.77. The molecule has 4 nitrogen and oxygen atoms in total. The molecule has 0 aromatic heterocycles. The molecule has 0 fully saturated rings. The van der Waals surface area contributed by atoms with E-state index in [-0.39, 0.29) is 19.8 Å². The first-order valence-electron chi connectivity index (χ1n) is 5.83. The summed E-state index contributed by atoms with van der Waals surface area (Å²) in [5.41, 5.74) is 0. The first kappa shape index (κ1) is 20.6. The van der Waals surface area contributed by atoms with Crippen molar-refractivity contribution >= 4 is 9.05 Å². The van der Waals surface area contributed by atoms with Crippen LogP contribution >= 0.6 is 0 Å². The van der Waals surface area contributed by atoms with Gasteiger partial charge in [0.1, 0.15) is 0 Å². The number of alkyl halides is 7. The van der Waals surface area contributed by atoms with Crippen LogP contribution in [-0.2, 0) is 17.7 Å². The van der Waals surface area contributed by atoms with Crippen LogP contribution in [0.2, 0.25) is 0 Å². The highest BCUT2D eigenvalue weighted by atomic mass is 28.4. The minimum Gasteiger partial charge on any atom is -0.351 e. The minimum atomic E-state index is -6.51. The molecule has 0 spiro atoms. The maximum atomic E-state index is 13.3. The van der Waals surface area contributed by atoms with Crippen molar-refractivity contribution < 1.29 is 48.4 Å². The van der Waals surface area contributed by atoms with Crippen LogP contribution in [0.5, 0.6) is 0 Å². The Bertz CT molecular complexity index is 307. The molecule has 0 N–H and O–H groups in total. The van der Waals surface area contributed by atoms with Crippen LogP contribution in [0.25, 0.3) is 0 Å². The van der Waals surface area contributed by atoms with E-state index >= 15 is 0 Å². The molecule has 0 atom stereocenters. The molecular weight excluding hydrogens is 333 g/mol. The second kappa shape index (κ2) is 7.22. The predicted molar refractivity (Wildman–Crippen MR) is 57.7 cm³/mol. The van der Waals surface area contributed by atoms with Gasteiger partial charge in [0.05, 0.1) is 0 Å². The molecule has 0 rings (SSSR count). The summed E-state index contributed by atoms with van der Waals surface area (Å²) in [5.74, 6) is -6.43. The first-order valence-corrected chi connectivity index (χ1v) is 7.46. The molecule has 0 amide bonds. The van der Waals surface area contributed by atoms with E-state index in [1.807, 2.05) is 0 Å². The highest BCUT2D eigenvalue weighted by molar-refractivity contribution is 6.53. The fourth-order valence-electron chi connectivity index (χ4n) is 1.13. The molecule has 0 bridgehead atoms. The third-order valence-electron chi connectivity index (χ3n) is 1.94. The smallest absolute Gasteiger partial charge is 0.351 e. The summed E-state index contributed by atoms with van der Waals surface area (Å²) in [5, 5.41) is 0. The lowest BCUT2D eigenvalue weighted by Crippen LogP contribution is -2.61. The topological polar surface area (TPSA) is 36.9 Å². The second-order valence-corrected chi connectivity index (χ2v) is 5.56. The summed E-state index contributed by atoms with van der Waals surface area (Å²) in [4.78, 5) is 0. The van der Waals surface area contributed by atoms with E-state index in [4.69, 9.17) is 0 Å². The van der Waals surface area contributed by atoms with Crippen molar-refractivity contribution in [1.29, 1.82) is 0 Å². The second-order valence-electron chi connectivity index (χ2n) is 3.49. The van der Waals surface area contributed by atoms with E-state index in [2.05, 4.69) is 17.7 Å². The van der Waals surface area contributed by atoms with Gasteiger partial charge in [0.15, 0.2) is 0 Å². The average Bonchev–Trinajstić information content (AvgIpc) is 2.27. The molecule has 128 valence electrons. The number of halogens is 7. The van der Waals surface area contributed by atoms with Gasteiger partial charge < -0.3 is 13.3 Å². The largest absolute Gasteiger partial charge is 0.684 e. The van der Waals surface area contributed by atoms with E-state index in [1.165, 1.54) is 20.8 Å². The maximum absolute atomic E-state index is 13.3. The van der Waals surface area contributed by atoms with Crippen LogP contribution < -0.4 is 0 Å². The number of hydrogen-bond donors (Lipinski definition) is 0. The normalized spacial score (nSPS) is 14.6. The van der Waals surface area contributed by atoms with Crippen LogP contribution in [0.15, 0.2) is 0 Å². The van der Waals surface area contributed by atoms with Crippen molar-refractivity contribution in [2.24, 2.45) is 0 Å². The lowest BCUT2D eigenvalue weighted by atomic mass is 10.3. The molecule has 0 aromatic carbocycles. The van der Waals surface area contributed by atoms with Crippen LogP contribution in [0.3, 0.4) is 0 Å². The summed E-state index contributed by atoms with van der Waals surface area (Å²) in [6.07, 6.45) is -12.4. The number of hydrogen-bond acceptors (Lipinski definition) is 4. The molecule has 0 aliphatic carbocycles. The Labute approximate surface area is 117 Å². The summed E-state index contributed by atoms with van der Waals surface area (Å²) < 4.78 is 106. The highest BCUT2D eigenvalue weighted by Gasteiger charge is 2.77. The average molecular weight is 348 g/mol. The van der Waals surface area contributed by atoms with Gasteiger partial charge in [-0.2, -0.15) is 30.7 Å². The zero-order valence-corrected chi connectivity index (χ0v) is 12.4. The molecule has 21 heavy (non-hydrogen) atoms. The molecule has 0 radical (unpaired) electrons. The van der Waals surface area contributed by atoms with Crippen LogP contribution in [0.4, 0.5) is 30.7 Å². The Hall–Kier alpha value is -0.433. The lowest BCUT2D eigenvalue weighted by Gasteiger charge is -2.34. The SMILES string of the molecule is CCO[Si](OCC)(OCC)OC(F)(F)C(F)(F)C(F)(F)F. The van der Waals surface area contributed by atoms with E-state index in [1.54, 1.807) is 0 Å².